The van der Waals surface area contributed by atoms with E-state index >= 15 is 0 Å². The van der Waals surface area contributed by atoms with E-state index in [-0.39, 0.29) is 4.75 Å². The number of halogens is 3. The highest BCUT2D eigenvalue weighted by atomic mass is 35.5. The van der Waals surface area contributed by atoms with Crippen LogP contribution in [0.25, 0.3) is 0 Å². The zero-order chi connectivity index (χ0) is 10.2. The van der Waals surface area contributed by atoms with Gasteiger partial charge in [0, 0.05) is 9.77 Å². The molecule has 0 unspecified atom stereocenters. The van der Waals surface area contributed by atoms with Crippen molar-refractivity contribution in [2.45, 2.75) is 18.6 Å². The van der Waals surface area contributed by atoms with Crippen LogP contribution in [0.1, 0.15) is 19.4 Å². The first-order valence-electron chi connectivity index (χ1n) is 3.70. The van der Waals surface area contributed by atoms with Crippen molar-refractivity contribution < 1.29 is 0 Å². The van der Waals surface area contributed by atoms with Crippen LogP contribution >= 0.6 is 47.4 Å². The molecule has 72 valence electrons. The Hall–Kier alpha value is 0.440. The normalized spacial score (nSPS) is 11.8. The van der Waals surface area contributed by atoms with Crippen LogP contribution in [0.15, 0.2) is 12.1 Å². The number of hydrogen-bond acceptors (Lipinski definition) is 1. The summed E-state index contributed by atoms with van der Waals surface area (Å²) >= 11 is 22.1. The van der Waals surface area contributed by atoms with Crippen LogP contribution in [0.3, 0.4) is 0 Å². The molecule has 0 N–H and O–H groups in total. The lowest BCUT2D eigenvalue weighted by molar-refractivity contribution is 0.792. The predicted octanol–water partition coefficient (Wildman–Crippen LogP) is 4.81. The van der Waals surface area contributed by atoms with Crippen molar-refractivity contribution >= 4 is 47.4 Å². The third kappa shape index (κ3) is 2.69. The minimum Gasteiger partial charge on any atom is -0.168 e. The van der Waals surface area contributed by atoms with Crippen molar-refractivity contribution in [2.75, 3.05) is 0 Å². The van der Waals surface area contributed by atoms with Crippen molar-refractivity contribution in [2.24, 2.45) is 0 Å². The van der Waals surface area contributed by atoms with Crippen LogP contribution in [0.5, 0.6) is 0 Å². The van der Waals surface area contributed by atoms with Gasteiger partial charge in [-0.3, -0.25) is 0 Å². The number of hydrogen-bond donors (Lipinski definition) is 1. The van der Waals surface area contributed by atoms with Gasteiger partial charge in [0.25, 0.3) is 0 Å². The summed E-state index contributed by atoms with van der Waals surface area (Å²) < 4.78 is -0.314. The van der Waals surface area contributed by atoms with Crippen LogP contribution in [0.4, 0.5) is 0 Å². The first-order chi connectivity index (χ1) is 5.82. The van der Waals surface area contributed by atoms with Crippen LogP contribution in [0.2, 0.25) is 15.1 Å². The van der Waals surface area contributed by atoms with Gasteiger partial charge >= 0.3 is 0 Å². The van der Waals surface area contributed by atoms with Gasteiger partial charge in [-0.2, -0.15) is 12.6 Å². The fourth-order valence-corrected chi connectivity index (χ4v) is 2.03. The minimum absolute atomic E-state index is 0.314. The van der Waals surface area contributed by atoms with Gasteiger partial charge in [-0.15, -0.1) is 0 Å². The SMILES string of the molecule is CC(C)(S)c1cc(Cl)c(Cl)cc1Cl. The molecule has 0 bridgehead atoms. The Morgan fingerprint density at radius 1 is 1.00 bits per heavy atom. The molecular formula is C9H9Cl3S. The fourth-order valence-electron chi connectivity index (χ4n) is 0.991. The van der Waals surface area contributed by atoms with E-state index in [9.17, 15) is 0 Å². The van der Waals surface area contributed by atoms with E-state index in [2.05, 4.69) is 12.6 Å². The molecule has 1 rings (SSSR count). The Bertz CT molecular complexity index is 328. The standard InChI is InChI=1S/C9H9Cl3S/c1-9(2,13)5-3-7(11)8(12)4-6(5)10/h3-4,13H,1-2H3. The van der Waals surface area contributed by atoms with Gasteiger partial charge < -0.3 is 0 Å². The Balaban J connectivity index is 3.32. The van der Waals surface area contributed by atoms with Crippen LogP contribution < -0.4 is 0 Å². The molecule has 0 saturated heterocycles. The molecule has 0 atom stereocenters. The molecule has 0 aliphatic heterocycles. The molecule has 0 radical (unpaired) electrons. The second kappa shape index (κ2) is 3.90. The third-order valence-corrected chi connectivity index (χ3v) is 2.94. The van der Waals surface area contributed by atoms with Gasteiger partial charge in [0.05, 0.1) is 10.0 Å². The van der Waals surface area contributed by atoms with Gasteiger partial charge in [-0.05, 0) is 31.5 Å². The third-order valence-electron chi connectivity index (χ3n) is 1.67. The molecule has 0 fully saturated rings. The van der Waals surface area contributed by atoms with Gasteiger partial charge in [0.2, 0.25) is 0 Å². The van der Waals surface area contributed by atoms with Gasteiger partial charge in [0.15, 0.2) is 0 Å². The topological polar surface area (TPSA) is 0 Å². The molecule has 0 saturated carbocycles. The zero-order valence-electron chi connectivity index (χ0n) is 7.24. The predicted molar refractivity (Wildman–Crippen MR) is 63.5 cm³/mol. The quantitative estimate of drug-likeness (QED) is 0.540. The van der Waals surface area contributed by atoms with E-state index in [1.165, 1.54) is 0 Å². The molecule has 0 heterocycles. The Morgan fingerprint density at radius 2 is 1.46 bits per heavy atom. The van der Waals surface area contributed by atoms with Crippen LogP contribution in [0, 0.1) is 0 Å². The maximum Gasteiger partial charge on any atom is 0.0607 e. The lowest BCUT2D eigenvalue weighted by Crippen LogP contribution is -2.08. The highest BCUT2D eigenvalue weighted by molar-refractivity contribution is 7.81. The summed E-state index contributed by atoms with van der Waals surface area (Å²) in [5, 5.41) is 1.56. The lowest BCUT2D eigenvalue weighted by Gasteiger charge is -2.20. The van der Waals surface area contributed by atoms with Gasteiger partial charge in [-0.1, -0.05) is 34.8 Å². The Kier molecular flexibility index (Phi) is 3.45. The van der Waals surface area contributed by atoms with Gasteiger partial charge in [0.1, 0.15) is 0 Å². The minimum atomic E-state index is -0.314. The molecule has 0 spiro atoms. The summed E-state index contributed by atoms with van der Waals surface area (Å²) in [5.74, 6) is 0. The highest BCUT2D eigenvalue weighted by Crippen LogP contribution is 2.37. The van der Waals surface area contributed by atoms with Crippen molar-refractivity contribution in [3.05, 3.63) is 32.8 Å². The summed E-state index contributed by atoms with van der Waals surface area (Å²) in [6, 6.07) is 3.39. The maximum absolute atomic E-state index is 5.99. The smallest absolute Gasteiger partial charge is 0.0607 e. The second-order valence-corrected chi connectivity index (χ2v) is 5.64. The largest absolute Gasteiger partial charge is 0.168 e. The van der Waals surface area contributed by atoms with E-state index in [4.69, 9.17) is 34.8 Å². The first kappa shape index (κ1) is 11.5. The molecule has 4 heteroatoms. The zero-order valence-corrected chi connectivity index (χ0v) is 10.4. The van der Waals surface area contributed by atoms with Crippen LogP contribution in [-0.4, -0.2) is 0 Å². The molecule has 0 nitrogen and oxygen atoms in total. The second-order valence-electron chi connectivity index (χ2n) is 3.31. The number of benzene rings is 1. The molecule has 13 heavy (non-hydrogen) atoms. The van der Waals surface area contributed by atoms with Crippen molar-refractivity contribution in [3.8, 4) is 0 Å². The van der Waals surface area contributed by atoms with Crippen molar-refractivity contribution in [1.82, 2.24) is 0 Å². The Morgan fingerprint density at radius 3 is 1.92 bits per heavy atom. The summed E-state index contributed by atoms with van der Waals surface area (Å²) in [5.41, 5.74) is 0.881. The summed E-state index contributed by atoms with van der Waals surface area (Å²) in [6.07, 6.45) is 0. The number of rotatable bonds is 1. The average Bonchev–Trinajstić information content (AvgIpc) is 1.94. The van der Waals surface area contributed by atoms with E-state index in [0.29, 0.717) is 15.1 Å². The van der Waals surface area contributed by atoms with Crippen molar-refractivity contribution in [3.63, 3.8) is 0 Å². The summed E-state index contributed by atoms with van der Waals surface area (Å²) in [4.78, 5) is 0. The van der Waals surface area contributed by atoms with E-state index in [1.807, 2.05) is 13.8 Å². The average molecular weight is 256 g/mol. The fraction of sp³-hybridized carbons (Fsp3) is 0.333. The molecular weight excluding hydrogens is 247 g/mol. The maximum atomic E-state index is 5.99. The molecule has 0 aliphatic rings. The van der Waals surface area contributed by atoms with Gasteiger partial charge in [-0.25, -0.2) is 0 Å². The monoisotopic (exact) mass is 254 g/mol. The lowest BCUT2D eigenvalue weighted by atomic mass is 10.0. The molecule has 0 amide bonds. The van der Waals surface area contributed by atoms with Crippen LogP contribution in [-0.2, 0) is 4.75 Å². The van der Waals surface area contributed by atoms with E-state index in [1.54, 1.807) is 12.1 Å². The van der Waals surface area contributed by atoms with E-state index < -0.39 is 0 Å². The summed E-state index contributed by atoms with van der Waals surface area (Å²) in [6.45, 7) is 3.89. The molecule has 0 aromatic heterocycles. The molecule has 0 aliphatic carbocycles. The molecule has 1 aromatic carbocycles. The number of thiol groups is 1. The molecule has 1 aromatic rings. The first-order valence-corrected chi connectivity index (χ1v) is 5.28. The highest BCUT2D eigenvalue weighted by Gasteiger charge is 2.19. The van der Waals surface area contributed by atoms with Crippen molar-refractivity contribution in [1.29, 1.82) is 0 Å². The summed E-state index contributed by atoms with van der Waals surface area (Å²) in [7, 11) is 0. The van der Waals surface area contributed by atoms with E-state index in [0.717, 1.165) is 5.56 Å². The Labute approximate surface area is 98.6 Å².